The first kappa shape index (κ1) is 27.4. The Balaban J connectivity index is 1.84. The first-order valence-electron chi connectivity index (χ1n) is 11.4. The number of hydrogen-bond acceptors (Lipinski definition) is 11. The van der Waals surface area contributed by atoms with Crippen LogP contribution in [0.3, 0.4) is 0 Å². The summed E-state index contributed by atoms with van der Waals surface area (Å²) < 4.78 is 45.3. The number of rotatable bonds is 10. The zero-order valence-corrected chi connectivity index (χ0v) is 22.9. The van der Waals surface area contributed by atoms with Crippen molar-refractivity contribution in [3.05, 3.63) is 65.2 Å². The molecule has 0 fully saturated rings. The fourth-order valence-corrected chi connectivity index (χ4v) is 5.46. The van der Waals surface area contributed by atoms with Gasteiger partial charge in [0.15, 0.2) is 33.0 Å². The van der Waals surface area contributed by atoms with Crippen LogP contribution in [0.4, 0.5) is 0 Å². The van der Waals surface area contributed by atoms with Crippen LogP contribution in [0.2, 0.25) is 5.02 Å². The van der Waals surface area contributed by atoms with Gasteiger partial charge in [-0.15, -0.1) is 10.2 Å². The number of nitrogens with zero attached hydrogens (tertiary/aromatic N) is 7. The lowest BCUT2D eigenvalue weighted by Crippen LogP contribution is -2.30. The van der Waals surface area contributed by atoms with E-state index in [1.54, 1.807) is 36.7 Å². The molecule has 0 aliphatic carbocycles. The van der Waals surface area contributed by atoms with Crippen molar-refractivity contribution in [3.63, 3.8) is 0 Å². The van der Waals surface area contributed by atoms with E-state index < -0.39 is 26.9 Å². The van der Waals surface area contributed by atoms with Crippen LogP contribution in [0.5, 0.6) is 11.8 Å². The minimum atomic E-state index is -3.91. The summed E-state index contributed by atoms with van der Waals surface area (Å²) in [5, 5.41) is 7.98. The van der Waals surface area contributed by atoms with Crippen molar-refractivity contribution in [2.75, 3.05) is 21.3 Å². The molecule has 0 aliphatic heterocycles. The Bertz CT molecular complexity index is 1510. The molecule has 2 atom stereocenters. The number of halogens is 1. The normalized spacial score (nSPS) is 13.2. The van der Waals surface area contributed by atoms with Crippen LogP contribution in [0, 0.1) is 6.92 Å². The smallest absolute Gasteiger partial charge is 0.245 e. The number of aromatic nitrogens is 7. The van der Waals surface area contributed by atoms with E-state index in [-0.39, 0.29) is 29.1 Å². The van der Waals surface area contributed by atoms with Gasteiger partial charge in [-0.25, -0.2) is 18.4 Å². The third-order valence-corrected chi connectivity index (χ3v) is 8.09. The van der Waals surface area contributed by atoms with Crippen LogP contribution in [0.25, 0.3) is 17.1 Å². The van der Waals surface area contributed by atoms with Gasteiger partial charge in [-0.2, -0.15) is 9.97 Å². The fourth-order valence-electron chi connectivity index (χ4n) is 3.85. The maximum absolute atomic E-state index is 13.7. The number of ether oxygens (including phenoxy) is 3. The molecule has 0 aliphatic rings. The summed E-state index contributed by atoms with van der Waals surface area (Å²) in [4.78, 5) is 16.9. The molecule has 0 saturated carbocycles. The van der Waals surface area contributed by atoms with Crippen molar-refractivity contribution < 1.29 is 22.6 Å². The number of aryl methyl sites for hydroxylation is 1. The van der Waals surface area contributed by atoms with E-state index in [9.17, 15) is 8.42 Å². The van der Waals surface area contributed by atoms with Gasteiger partial charge in [-0.3, -0.25) is 4.57 Å². The molecule has 200 valence electrons. The highest BCUT2D eigenvalue weighted by atomic mass is 35.5. The van der Waals surface area contributed by atoms with Crippen LogP contribution in [-0.2, 0) is 20.3 Å². The number of hydrogen-bond donors (Lipinski definition) is 0. The van der Waals surface area contributed by atoms with Crippen LogP contribution in [0.1, 0.15) is 30.2 Å². The molecule has 38 heavy (non-hydrogen) atoms. The molecule has 0 saturated heterocycles. The second kappa shape index (κ2) is 11.4. The molecule has 4 aromatic rings. The quantitative estimate of drug-likeness (QED) is 0.282. The first-order valence-corrected chi connectivity index (χ1v) is 13.5. The highest BCUT2D eigenvalue weighted by Crippen LogP contribution is 2.35. The molecule has 3 aromatic heterocycles. The minimum Gasteiger partial charge on any atom is -0.479 e. The molecule has 0 amide bonds. The van der Waals surface area contributed by atoms with E-state index in [1.807, 2.05) is 6.92 Å². The maximum atomic E-state index is 13.7. The van der Waals surface area contributed by atoms with Gasteiger partial charge in [0.05, 0.1) is 19.5 Å². The molecule has 4 rings (SSSR count). The van der Waals surface area contributed by atoms with E-state index in [0.717, 1.165) is 5.56 Å². The Morgan fingerprint density at radius 1 is 1.00 bits per heavy atom. The molecule has 3 heterocycles. The molecule has 12 nitrogen and oxygen atoms in total. The van der Waals surface area contributed by atoms with E-state index >= 15 is 0 Å². The number of benzene rings is 1. The molecule has 0 bridgehead atoms. The third-order valence-electron chi connectivity index (χ3n) is 5.81. The summed E-state index contributed by atoms with van der Waals surface area (Å²) in [5.41, 5.74) is 1.66. The van der Waals surface area contributed by atoms with Gasteiger partial charge in [0, 0.05) is 30.1 Å². The second-order valence-electron chi connectivity index (χ2n) is 8.31. The standard InChI is InChI=1S/C24H26ClN7O5S/c1-14-10-26-21(27-11-14)20(35-3)15(2)38(33,34)12-18-30-31-22(16-7-6-8-17(25)9-16)32(18)19-23(36-4)28-13-29-24(19)37-5/h6-11,13,15,20H,12H2,1-5H3/t15-,20-/m0/s1. The molecule has 14 heteroatoms. The number of sulfone groups is 1. The van der Waals surface area contributed by atoms with Gasteiger partial charge in [-0.05, 0) is 31.5 Å². The van der Waals surface area contributed by atoms with Gasteiger partial charge < -0.3 is 14.2 Å². The SMILES string of the molecule is COc1ncnc(OC)c1-n1c(CS(=O)(=O)[C@@H](C)[C@H](OC)c2ncc(C)cn2)nnc1-c1cccc(Cl)c1. The van der Waals surface area contributed by atoms with Crippen LogP contribution >= 0.6 is 11.6 Å². The van der Waals surface area contributed by atoms with E-state index in [0.29, 0.717) is 16.4 Å². The predicted molar refractivity (Wildman–Crippen MR) is 139 cm³/mol. The summed E-state index contributed by atoms with van der Waals surface area (Å²) in [7, 11) is 0.364. The van der Waals surface area contributed by atoms with E-state index in [1.165, 1.54) is 39.1 Å². The molecule has 0 radical (unpaired) electrons. The number of methoxy groups -OCH3 is 3. The first-order chi connectivity index (χ1) is 18.2. The summed E-state index contributed by atoms with van der Waals surface area (Å²) in [6.45, 7) is 3.38. The lowest BCUT2D eigenvalue weighted by Gasteiger charge is -2.22. The maximum Gasteiger partial charge on any atom is 0.245 e. The second-order valence-corrected chi connectivity index (χ2v) is 11.1. The molecule has 1 aromatic carbocycles. The van der Waals surface area contributed by atoms with Crippen molar-refractivity contribution in [2.45, 2.75) is 31.0 Å². The Morgan fingerprint density at radius 3 is 2.24 bits per heavy atom. The van der Waals surface area contributed by atoms with Crippen LogP contribution < -0.4 is 9.47 Å². The Hall–Kier alpha value is -3.68. The molecule has 0 spiro atoms. The Labute approximate surface area is 224 Å². The summed E-state index contributed by atoms with van der Waals surface area (Å²) in [6, 6.07) is 6.91. The third kappa shape index (κ3) is 5.44. The largest absolute Gasteiger partial charge is 0.479 e. The fraction of sp³-hybridized carbons (Fsp3) is 0.333. The van der Waals surface area contributed by atoms with Gasteiger partial charge in [0.2, 0.25) is 11.8 Å². The van der Waals surface area contributed by atoms with Gasteiger partial charge >= 0.3 is 0 Å². The van der Waals surface area contributed by atoms with Crippen molar-refractivity contribution in [1.82, 2.24) is 34.7 Å². The average molecular weight is 560 g/mol. The van der Waals surface area contributed by atoms with Gasteiger partial charge in [0.25, 0.3) is 0 Å². The highest BCUT2D eigenvalue weighted by Gasteiger charge is 2.35. The van der Waals surface area contributed by atoms with Crippen LogP contribution in [0.15, 0.2) is 43.0 Å². The molecular weight excluding hydrogens is 534 g/mol. The molecular formula is C24H26ClN7O5S. The van der Waals surface area contributed by atoms with Gasteiger partial charge in [-0.1, -0.05) is 23.7 Å². The monoisotopic (exact) mass is 559 g/mol. The molecule has 0 N–H and O–H groups in total. The minimum absolute atomic E-state index is 0.0814. The van der Waals surface area contributed by atoms with Crippen molar-refractivity contribution in [1.29, 1.82) is 0 Å². The topological polar surface area (TPSA) is 144 Å². The van der Waals surface area contributed by atoms with E-state index in [4.69, 9.17) is 25.8 Å². The average Bonchev–Trinajstić information content (AvgIpc) is 3.31. The van der Waals surface area contributed by atoms with Crippen LogP contribution in [-0.4, -0.2) is 69.7 Å². The van der Waals surface area contributed by atoms with Gasteiger partial charge in [0.1, 0.15) is 18.2 Å². The lowest BCUT2D eigenvalue weighted by atomic mass is 10.2. The lowest BCUT2D eigenvalue weighted by molar-refractivity contribution is 0.0947. The highest BCUT2D eigenvalue weighted by molar-refractivity contribution is 7.91. The Morgan fingerprint density at radius 2 is 1.66 bits per heavy atom. The van der Waals surface area contributed by atoms with E-state index in [2.05, 4.69) is 30.1 Å². The predicted octanol–water partition coefficient (Wildman–Crippen LogP) is 3.18. The summed E-state index contributed by atoms with van der Waals surface area (Å²) in [6.07, 6.45) is 3.58. The zero-order chi connectivity index (χ0) is 27.4. The Kier molecular flexibility index (Phi) is 8.19. The zero-order valence-electron chi connectivity index (χ0n) is 21.4. The molecule has 0 unspecified atom stereocenters. The van der Waals surface area contributed by atoms with Crippen molar-refractivity contribution in [3.8, 4) is 28.8 Å². The van der Waals surface area contributed by atoms with Crippen molar-refractivity contribution in [2.24, 2.45) is 0 Å². The summed E-state index contributed by atoms with van der Waals surface area (Å²) >= 11 is 6.23. The summed E-state index contributed by atoms with van der Waals surface area (Å²) in [5.74, 6) is 0.396. The van der Waals surface area contributed by atoms with Crippen molar-refractivity contribution >= 4 is 21.4 Å².